The largest absolute Gasteiger partial charge is 0.496 e. The number of ether oxygens (including phenoxy) is 1. The Hall–Kier alpha value is -4.38. The van der Waals surface area contributed by atoms with Crippen molar-refractivity contribution >= 4 is 17.5 Å². The molecule has 11 heteroatoms. The van der Waals surface area contributed by atoms with Crippen molar-refractivity contribution in [3.8, 4) is 17.0 Å². The number of hydroxylamine groups is 1. The molecule has 3 rings (SSSR count). The highest BCUT2D eigenvalue weighted by atomic mass is 19.3. The maximum absolute atomic E-state index is 14.0. The maximum atomic E-state index is 14.0. The highest BCUT2D eigenvalue weighted by Crippen LogP contribution is 2.34. The van der Waals surface area contributed by atoms with E-state index in [1.807, 2.05) is 0 Å². The number of methoxy groups -OCH3 is 1. The fraction of sp³-hybridized carbons (Fsp3) is 0.231. The number of aromatic nitrogens is 2. The second-order valence-corrected chi connectivity index (χ2v) is 8.07. The van der Waals surface area contributed by atoms with Crippen LogP contribution in [-0.4, -0.2) is 34.1 Å². The zero-order valence-electron chi connectivity index (χ0n) is 20.7. The molecule has 0 aliphatic heterocycles. The average Bonchev–Trinajstić information content (AvgIpc) is 2.89. The first-order valence-electron chi connectivity index (χ1n) is 11.3. The number of nitrogens with one attached hydrogen (secondary N) is 3. The summed E-state index contributed by atoms with van der Waals surface area (Å²) in [6.45, 7) is 4.49. The fourth-order valence-electron chi connectivity index (χ4n) is 3.69. The van der Waals surface area contributed by atoms with Crippen LogP contribution in [0, 0.1) is 6.92 Å². The molecule has 0 saturated carbocycles. The van der Waals surface area contributed by atoms with E-state index in [4.69, 9.17) is 4.74 Å². The van der Waals surface area contributed by atoms with Crippen molar-refractivity contribution in [2.24, 2.45) is 0 Å². The molecular formula is C26H27F2N5O4. The van der Waals surface area contributed by atoms with Gasteiger partial charge in [0.2, 0.25) is 0 Å². The smallest absolute Gasteiger partial charge is 0.275 e. The van der Waals surface area contributed by atoms with Gasteiger partial charge in [0.15, 0.2) is 0 Å². The zero-order chi connectivity index (χ0) is 27.2. The van der Waals surface area contributed by atoms with Crippen molar-refractivity contribution in [3.05, 3.63) is 83.1 Å². The number of carbonyl (C=O) groups excluding carboxylic acids is 2. The minimum atomic E-state index is -3.06. The number of carbonyl (C=O) groups is 2. The SMILES string of the molecule is CCC(F)(F)c1cccc(NC(=O)/C(NO)=C(\C)NC(=O)c2ccc(OC)c(-c3ccncn3)c2C)c1. The van der Waals surface area contributed by atoms with Gasteiger partial charge in [0.25, 0.3) is 17.7 Å². The number of alkyl halides is 2. The minimum absolute atomic E-state index is 0.00107. The lowest BCUT2D eigenvalue weighted by molar-refractivity contribution is -0.114. The summed E-state index contributed by atoms with van der Waals surface area (Å²) < 4.78 is 33.5. The molecule has 3 aromatic rings. The number of amides is 2. The van der Waals surface area contributed by atoms with Crippen molar-refractivity contribution in [1.29, 1.82) is 0 Å². The van der Waals surface area contributed by atoms with Crippen LogP contribution in [0.15, 0.2) is 66.4 Å². The summed E-state index contributed by atoms with van der Waals surface area (Å²) >= 11 is 0. The lowest BCUT2D eigenvalue weighted by Crippen LogP contribution is -2.31. The van der Waals surface area contributed by atoms with Crippen LogP contribution in [0.3, 0.4) is 0 Å². The normalized spacial score (nSPS) is 11.9. The summed E-state index contributed by atoms with van der Waals surface area (Å²) in [6.07, 6.45) is 2.55. The Bertz CT molecular complexity index is 1330. The zero-order valence-corrected chi connectivity index (χ0v) is 20.7. The van der Waals surface area contributed by atoms with Crippen LogP contribution in [0.4, 0.5) is 14.5 Å². The molecule has 9 nitrogen and oxygen atoms in total. The van der Waals surface area contributed by atoms with Gasteiger partial charge in [-0.25, -0.2) is 18.7 Å². The summed E-state index contributed by atoms with van der Waals surface area (Å²) in [6, 6.07) is 10.1. The van der Waals surface area contributed by atoms with Crippen LogP contribution < -0.4 is 20.9 Å². The number of anilines is 1. The van der Waals surface area contributed by atoms with Crippen LogP contribution in [0.5, 0.6) is 5.75 Å². The van der Waals surface area contributed by atoms with E-state index in [1.165, 1.54) is 45.5 Å². The first kappa shape index (κ1) is 27.2. The monoisotopic (exact) mass is 511 g/mol. The van der Waals surface area contributed by atoms with E-state index < -0.39 is 24.2 Å². The standard InChI is InChI=1S/C26H27F2N5O4/c1-5-26(27,28)17-7-6-8-18(13-17)32-25(35)23(33-36)16(3)31-24(34)19-9-10-21(37-4)22(15(19)2)20-11-12-29-14-30-20/h6-14,33,36H,5H2,1-4H3,(H,31,34)(H,32,35)/b23-16-. The molecule has 2 aromatic carbocycles. The molecule has 0 saturated heterocycles. The van der Waals surface area contributed by atoms with E-state index in [9.17, 15) is 23.6 Å². The van der Waals surface area contributed by atoms with E-state index in [-0.39, 0.29) is 28.2 Å². The Morgan fingerprint density at radius 3 is 2.54 bits per heavy atom. The summed E-state index contributed by atoms with van der Waals surface area (Å²) in [5, 5.41) is 14.6. The van der Waals surface area contributed by atoms with Crippen molar-refractivity contribution in [2.75, 3.05) is 12.4 Å². The molecule has 4 N–H and O–H groups in total. The van der Waals surface area contributed by atoms with Gasteiger partial charge in [0, 0.05) is 40.7 Å². The van der Waals surface area contributed by atoms with Crippen LogP contribution in [0.25, 0.3) is 11.3 Å². The Balaban J connectivity index is 1.87. The van der Waals surface area contributed by atoms with Crippen molar-refractivity contribution in [1.82, 2.24) is 20.8 Å². The van der Waals surface area contributed by atoms with Gasteiger partial charge in [-0.05, 0) is 49.7 Å². The Morgan fingerprint density at radius 1 is 1.16 bits per heavy atom. The average molecular weight is 512 g/mol. The molecule has 0 unspecified atom stereocenters. The molecular weight excluding hydrogens is 484 g/mol. The number of hydrogen-bond donors (Lipinski definition) is 4. The number of nitrogens with zero attached hydrogens (tertiary/aromatic N) is 2. The lowest BCUT2D eigenvalue weighted by Gasteiger charge is -2.17. The molecule has 194 valence electrons. The van der Waals surface area contributed by atoms with E-state index in [2.05, 4.69) is 20.6 Å². The highest BCUT2D eigenvalue weighted by Gasteiger charge is 2.29. The van der Waals surface area contributed by atoms with Gasteiger partial charge in [0.05, 0.1) is 12.8 Å². The van der Waals surface area contributed by atoms with Gasteiger partial charge in [-0.3, -0.25) is 20.3 Å². The van der Waals surface area contributed by atoms with Crippen LogP contribution in [0.1, 0.15) is 41.8 Å². The minimum Gasteiger partial charge on any atom is -0.496 e. The number of rotatable bonds is 9. The first-order chi connectivity index (χ1) is 17.6. The fourth-order valence-corrected chi connectivity index (χ4v) is 3.69. The van der Waals surface area contributed by atoms with E-state index in [0.717, 1.165) is 6.07 Å². The third-order valence-electron chi connectivity index (χ3n) is 5.73. The number of allylic oxidation sites excluding steroid dienone is 1. The van der Waals surface area contributed by atoms with Gasteiger partial charge >= 0.3 is 0 Å². The summed E-state index contributed by atoms with van der Waals surface area (Å²) in [7, 11) is 1.50. The molecule has 2 amide bonds. The molecule has 0 radical (unpaired) electrons. The Morgan fingerprint density at radius 2 is 1.92 bits per heavy atom. The predicted octanol–water partition coefficient (Wildman–Crippen LogP) is 4.54. The first-order valence-corrected chi connectivity index (χ1v) is 11.3. The summed E-state index contributed by atoms with van der Waals surface area (Å²) in [5.41, 5.74) is 3.25. The number of halogens is 2. The molecule has 1 aromatic heterocycles. The topological polar surface area (TPSA) is 125 Å². The molecule has 0 spiro atoms. The molecule has 0 atom stereocenters. The lowest BCUT2D eigenvalue weighted by atomic mass is 9.98. The van der Waals surface area contributed by atoms with E-state index in [1.54, 1.807) is 36.8 Å². The molecule has 0 bridgehead atoms. The Labute approximate surface area is 212 Å². The van der Waals surface area contributed by atoms with Crippen LogP contribution >= 0.6 is 0 Å². The second kappa shape index (κ2) is 11.6. The number of hydrogen-bond acceptors (Lipinski definition) is 7. The Kier molecular flexibility index (Phi) is 8.51. The maximum Gasteiger partial charge on any atom is 0.275 e. The van der Waals surface area contributed by atoms with Crippen molar-refractivity contribution < 1.29 is 28.3 Å². The number of benzene rings is 2. The van der Waals surface area contributed by atoms with Crippen LogP contribution in [0.2, 0.25) is 0 Å². The van der Waals surface area contributed by atoms with Gasteiger partial charge in [-0.15, -0.1) is 0 Å². The third-order valence-corrected chi connectivity index (χ3v) is 5.73. The highest BCUT2D eigenvalue weighted by molar-refractivity contribution is 6.05. The summed E-state index contributed by atoms with van der Waals surface area (Å²) in [4.78, 5) is 34.0. The molecule has 0 aliphatic carbocycles. The van der Waals surface area contributed by atoms with Crippen molar-refractivity contribution in [3.63, 3.8) is 0 Å². The van der Waals surface area contributed by atoms with Gasteiger partial charge in [0.1, 0.15) is 17.8 Å². The molecule has 37 heavy (non-hydrogen) atoms. The van der Waals surface area contributed by atoms with Gasteiger partial charge < -0.3 is 15.4 Å². The van der Waals surface area contributed by atoms with Crippen molar-refractivity contribution in [2.45, 2.75) is 33.1 Å². The molecule has 1 heterocycles. The second-order valence-electron chi connectivity index (χ2n) is 8.07. The third kappa shape index (κ3) is 6.07. The quantitative estimate of drug-likeness (QED) is 0.245. The molecule has 0 fully saturated rings. The predicted molar refractivity (Wildman–Crippen MR) is 133 cm³/mol. The summed E-state index contributed by atoms with van der Waals surface area (Å²) in [5.74, 6) is -3.95. The van der Waals surface area contributed by atoms with Gasteiger partial charge in [-0.1, -0.05) is 19.1 Å². The van der Waals surface area contributed by atoms with Crippen LogP contribution in [-0.2, 0) is 10.7 Å². The van der Waals surface area contributed by atoms with E-state index in [0.29, 0.717) is 22.6 Å². The molecule has 0 aliphatic rings. The van der Waals surface area contributed by atoms with Gasteiger partial charge in [-0.2, -0.15) is 0 Å². The van der Waals surface area contributed by atoms with E-state index >= 15 is 0 Å².